The second-order valence-electron chi connectivity index (χ2n) is 6.94. The standard InChI is InChI=1S/C18H28N2O2/c1-13(2)10-15-6-5-9-20(12-15)18(21)16-7-8-17(19-11-16)22-14(3)4/h7-8,11,13-15H,5-6,9-10,12H2,1-4H3/t15-/m1/s1. The second kappa shape index (κ2) is 7.61. The van der Waals surface area contributed by atoms with Crippen LogP contribution >= 0.6 is 0 Å². The number of carbonyl (C=O) groups excluding carboxylic acids is 1. The summed E-state index contributed by atoms with van der Waals surface area (Å²) in [7, 11) is 0. The first kappa shape index (κ1) is 16.8. The molecule has 4 heteroatoms. The number of amides is 1. The van der Waals surface area contributed by atoms with E-state index in [2.05, 4.69) is 18.8 Å². The highest BCUT2D eigenvalue weighted by Crippen LogP contribution is 2.24. The van der Waals surface area contributed by atoms with E-state index in [4.69, 9.17) is 4.74 Å². The molecule has 1 atom stereocenters. The lowest BCUT2D eigenvalue weighted by atomic mass is 9.89. The molecule has 0 aliphatic carbocycles. The van der Waals surface area contributed by atoms with Gasteiger partial charge in [-0.15, -0.1) is 0 Å². The summed E-state index contributed by atoms with van der Waals surface area (Å²) in [5.41, 5.74) is 0.654. The molecule has 0 saturated carbocycles. The quantitative estimate of drug-likeness (QED) is 0.831. The number of hydrogen-bond acceptors (Lipinski definition) is 3. The zero-order chi connectivity index (χ0) is 16.1. The fourth-order valence-electron chi connectivity index (χ4n) is 3.11. The van der Waals surface area contributed by atoms with Gasteiger partial charge in [0.15, 0.2) is 0 Å². The lowest BCUT2D eigenvalue weighted by Gasteiger charge is -2.33. The predicted octanol–water partition coefficient (Wildman–Crippen LogP) is 3.77. The molecule has 1 fully saturated rings. The summed E-state index contributed by atoms with van der Waals surface area (Å²) in [5.74, 6) is 1.99. The van der Waals surface area contributed by atoms with Gasteiger partial charge in [-0.25, -0.2) is 4.98 Å². The first-order valence-electron chi connectivity index (χ1n) is 8.37. The van der Waals surface area contributed by atoms with E-state index in [9.17, 15) is 4.79 Å². The summed E-state index contributed by atoms with van der Waals surface area (Å²) in [6.45, 7) is 10.2. The molecule has 122 valence electrons. The Hall–Kier alpha value is -1.58. The maximum atomic E-state index is 12.6. The van der Waals surface area contributed by atoms with Crippen molar-refractivity contribution in [2.75, 3.05) is 13.1 Å². The van der Waals surface area contributed by atoms with Crippen LogP contribution in [0.1, 0.15) is 57.3 Å². The average Bonchev–Trinajstić information content (AvgIpc) is 2.46. The summed E-state index contributed by atoms with van der Waals surface area (Å²) in [5, 5.41) is 0. The number of rotatable bonds is 5. The Morgan fingerprint density at radius 1 is 1.36 bits per heavy atom. The summed E-state index contributed by atoms with van der Waals surface area (Å²) in [6, 6.07) is 3.60. The summed E-state index contributed by atoms with van der Waals surface area (Å²) < 4.78 is 5.52. The third kappa shape index (κ3) is 4.72. The van der Waals surface area contributed by atoms with Crippen molar-refractivity contribution in [3.05, 3.63) is 23.9 Å². The fraction of sp³-hybridized carbons (Fsp3) is 0.667. The average molecular weight is 304 g/mol. The van der Waals surface area contributed by atoms with Crippen molar-refractivity contribution in [1.82, 2.24) is 9.88 Å². The molecule has 0 bridgehead atoms. The topological polar surface area (TPSA) is 42.4 Å². The number of nitrogens with zero attached hydrogens (tertiary/aromatic N) is 2. The lowest BCUT2D eigenvalue weighted by Crippen LogP contribution is -2.40. The van der Waals surface area contributed by atoms with Crippen LogP contribution in [0.4, 0.5) is 0 Å². The van der Waals surface area contributed by atoms with E-state index < -0.39 is 0 Å². The van der Waals surface area contributed by atoms with Gasteiger partial charge in [0, 0.05) is 25.4 Å². The Bertz CT molecular complexity index is 482. The molecule has 1 saturated heterocycles. The molecular formula is C18H28N2O2. The predicted molar refractivity (Wildman–Crippen MR) is 88.1 cm³/mol. The van der Waals surface area contributed by atoms with Crippen molar-refractivity contribution < 1.29 is 9.53 Å². The molecule has 0 N–H and O–H groups in total. The second-order valence-corrected chi connectivity index (χ2v) is 6.94. The van der Waals surface area contributed by atoms with Crippen LogP contribution in [0.5, 0.6) is 5.88 Å². The summed E-state index contributed by atoms with van der Waals surface area (Å²) >= 11 is 0. The van der Waals surface area contributed by atoms with Crippen molar-refractivity contribution in [3.8, 4) is 5.88 Å². The molecule has 1 amide bonds. The SMILES string of the molecule is CC(C)C[C@H]1CCCN(C(=O)c2ccc(OC(C)C)nc2)C1. The van der Waals surface area contributed by atoms with Gasteiger partial charge in [0.05, 0.1) is 11.7 Å². The smallest absolute Gasteiger partial charge is 0.255 e. The molecule has 1 aliphatic rings. The Morgan fingerprint density at radius 3 is 2.73 bits per heavy atom. The van der Waals surface area contributed by atoms with E-state index in [-0.39, 0.29) is 12.0 Å². The third-order valence-corrected chi connectivity index (χ3v) is 3.95. The molecule has 4 nitrogen and oxygen atoms in total. The van der Waals surface area contributed by atoms with Gasteiger partial charge in [-0.1, -0.05) is 13.8 Å². The molecule has 1 aromatic rings. The minimum Gasteiger partial charge on any atom is -0.475 e. The van der Waals surface area contributed by atoms with Gasteiger partial charge in [0.25, 0.3) is 5.91 Å². The Balaban J connectivity index is 1.98. The molecule has 2 rings (SSSR count). The highest BCUT2D eigenvalue weighted by atomic mass is 16.5. The van der Waals surface area contributed by atoms with Crippen molar-refractivity contribution in [1.29, 1.82) is 0 Å². The Kier molecular flexibility index (Phi) is 5.81. The van der Waals surface area contributed by atoms with Gasteiger partial charge in [0.1, 0.15) is 0 Å². The van der Waals surface area contributed by atoms with Gasteiger partial charge in [-0.3, -0.25) is 4.79 Å². The molecule has 0 radical (unpaired) electrons. The number of ether oxygens (including phenoxy) is 1. The minimum atomic E-state index is 0.0907. The number of pyridine rings is 1. The first-order valence-corrected chi connectivity index (χ1v) is 8.37. The normalized spacial score (nSPS) is 18.8. The van der Waals surface area contributed by atoms with E-state index >= 15 is 0 Å². The van der Waals surface area contributed by atoms with Crippen LogP contribution in [-0.2, 0) is 0 Å². The van der Waals surface area contributed by atoms with Crippen LogP contribution in [0.15, 0.2) is 18.3 Å². The molecule has 2 heterocycles. The molecule has 22 heavy (non-hydrogen) atoms. The highest BCUT2D eigenvalue weighted by Gasteiger charge is 2.25. The zero-order valence-corrected chi connectivity index (χ0v) is 14.2. The van der Waals surface area contributed by atoms with E-state index in [0.29, 0.717) is 23.3 Å². The number of carbonyl (C=O) groups is 1. The van der Waals surface area contributed by atoms with Crippen LogP contribution in [0.25, 0.3) is 0 Å². The summed E-state index contributed by atoms with van der Waals surface area (Å²) in [4.78, 5) is 18.8. The maximum absolute atomic E-state index is 12.6. The van der Waals surface area contributed by atoms with Crippen LogP contribution in [0, 0.1) is 11.8 Å². The van der Waals surface area contributed by atoms with Crippen LogP contribution < -0.4 is 4.74 Å². The third-order valence-electron chi connectivity index (χ3n) is 3.95. The molecule has 1 aromatic heterocycles. The number of hydrogen-bond donors (Lipinski definition) is 0. The van der Waals surface area contributed by atoms with Crippen molar-refractivity contribution in [2.24, 2.45) is 11.8 Å². The van der Waals surface area contributed by atoms with Gasteiger partial charge >= 0.3 is 0 Å². The first-order chi connectivity index (χ1) is 10.5. The van der Waals surface area contributed by atoms with E-state index in [1.807, 2.05) is 24.8 Å². The van der Waals surface area contributed by atoms with E-state index in [1.165, 1.54) is 12.8 Å². The van der Waals surface area contributed by atoms with Crippen molar-refractivity contribution >= 4 is 5.91 Å². The van der Waals surface area contributed by atoms with Gasteiger partial charge < -0.3 is 9.64 Å². The minimum absolute atomic E-state index is 0.0907. The number of likely N-dealkylation sites (tertiary alicyclic amines) is 1. The number of piperidine rings is 1. The van der Waals surface area contributed by atoms with Gasteiger partial charge in [-0.2, -0.15) is 0 Å². The monoisotopic (exact) mass is 304 g/mol. The Labute approximate surface area is 133 Å². The van der Waals surface area contributed by atoms with Crippen LogP contribution in [0.3, 0.4) is 0 Å². The molecule has 0 aromatic carbocycles. The van der Waals surface area contributed by atoms with Crippen molar-refractivity contribution in [2.45, 2.75) is 53.1 Å². The largest absolute Gasteiger partial charge is 0.475 e. The molecule has 0 spiro atoms. The van der Waals surface area contributed by atoms with Crippen molar-refractivity contribution in [3.63, 3.8) is 0 Å². The molecular weight excluding hydrogens is 276 g/mol. The fourth-order valence-corrected chi connectivity index (χ4v) is 3.11. The van der Waals surface area contributed by atoms with E-state index in [1.54, 1.807) is 12.3 Å². The van der Waals surface area contributed by atoms with Gasteiger partial charge in [-0.05, 0) is 51.0 Å². The summed E-state index contributed by atoms with van der Waals surface area (Å²) in [6.07, 6.45) is 5.26. The molecule has 0 unspecified atom stereocenters. The van der Waals surface area contributed by atoms with Gasteiger partial charge in [0.2, 0.25) is 5.88 Å². The van der Waals surface area contributed by atoms with Crippen LogP contribution in [0.2, 0.25) is 0 Å². The maximum Gasteiger partial charge on any atom is 0.255 e. The van der Waals surface area contributed by atoms with Crippen LogP contribution in [-0.4, -0.2) is 35.0 Å². The zero-order valence-electron chi connectivity index (χ0n) is 14.2. The number of aromatic nitrogens is 1. The molecule has 1 aliphatic heterocycles. The lowest BCUT2D eigenvalue weighted by molar-refractivity contribution is 0.0659. The highest BCUT2D eigenvalue weighted by molar-refractivity contribution is 5.94. The van der Waals surface area contributed by atoms with E-state index in [0.717, 1.165) is 19.5 Å². The Morgan fingerprint density at radius 2 is 2.14 bits per heavy atom.